The lowest BCUT2D eigenvalue weighted by Crippen LogP contribution is -1.66. The molecule has 0 saturated carbocycles. The first-order valence-electron chi connectivity index (χ1n) is 2.90. The van der Waals surface area contributed by atoms with Gasteiger partial charge in [0, 0.05) is 0 Å². The summed E-state index contributed by atoms with van der Waals surface area (Å²) in [5, 5.41) is 13.5. The van der Waals surface area contributed by atoms with E-state index in [9.17, 15) is 0 Å². The molecule has 0 spiro atoms. The fraction of sp³-hybridized carbons (Fsp3) is 0. The number of aromatic nitrogens is 1. The Kier molecular flexibility index (Phi) is 0.917. The second-order valence-corrected chi connectivity index (χ2v) is 2.02. The quantitative estimate of drug-likeness (QED) is 0.595. The van der Waals surface area contributed by atoms with E-state index in [1.807, 2.05) is 0 Å². The first-order valence-corrected chi connectivity index (χ1v) is 2.90. The van der Waals surface area contributed by atoms with Crippen LogP contribution in [0, 0.1) is 0 Å². The van der Waals surface area contributed by atoms with Gasteiger partial charge in [-0.3, -0.25) is 0 Å². The third kappa shape index (κ3) is 0.572. The van der Waals surface area contributed by atoms with Crippen LogP contribution in [0.2, 0.25) is 0 Å². The van der Waals surface area contributed by atoms with Crippen LogP contribution in [0.3, 0.4) is 0 Å². The molecule has 0 atom stereocenters. The molecular weight excluding hydrogens is 130 g/mol. The molecule has 0 fully saturated rings. The summed E-state index contributed by atoms with van der Waals surface area (Å²) in [6.07, 6.45) is 1.42. The number of phenols is 1. The van der Waals surface area contributed by atoms with Gasteiger partial charge in [-0.25, -0.2) is 0 Å². The average molecular weight is 135 g/mol. The van der Waals surface area contributed by atoms with E-state index in [-0.39, 0.29) is 5.75 Å². The van der Waals surface area contributed by atoms with E-state index in [2.05, 4.69) is 9.68 Å². The van der Waals surface area contributed by atoms with Gasteiger partial charge in [0.1, 0.15) is 17.5 Å². The molecule has 0 unspecified atom stereocenters. The number of aromatic hydroxyl groups is 1. The minimum Gasteiger partial charge on any atom is -0.507 e. The highest BCUT2D eigenvalue weighted by Crippen LogP contribution is 2.22. The maximum atomic E-state index is 9.16. The monoisotopic (exact) mass is 135 g/mol. The largest absolute Gasteiger partial charge is 0.507 e. The van der Waals surface area contributed by atoms with Gasteiger partial charge < -0.3 is 9.63 Å². The molecule has 1 N–H and O–H groups in total. The zero-order chi connectivity index (χ0) is 6.97. The molecule has 1 heterocycles. The van der Waals surface area contributed by atoms with E-state index >= 15 is 0 Å². The molecule has 50 valence electrons. The van der Waals surface area contributed by atoms with Gasteiger partial charge in [-0.2, -0.15) is 0 Å². The van der Waals surface area contributed by atoms with E-state index < -0.39 is 0 Å². The molecule has 3 heteroatoms. The fourth-order valence-electron chi connectivity index (χ4n) is 0.877. The van der Waals surface area contributed by atoms with Gasteiger partial charge >= 0.3 is 0 Å². The first-order chi connectivity index (χ1) is 4.88. The summed E-state index contributed by atoms with van der Waals surface area (Å²) in [7, 11) is 0. The van der Waals surface area contributed by atoms with Crippen LogP contribution in [-0.2, 0) is 0 Å². The van der Waals surface area contributed by atoms with E-state index in [0.29, 0.717) is 10.9 Å². The summed E-state index contributed by atoms with van der Waals surface area (Å²) in [4.78, 5) is 0. The van der Waals surface area contributed by atoms with Gasteiger partial charge in [0.05, 0.1) is 5.39 Å². The zero-order valence-corrected chi connectivity index (χ0v) is 5.11. The molecule has 0 saturated heterocycles. The van der Waals surface area contributed by atoms with Crippen molar-refractivity contribution in [3.05, 3.63) is 24.5 Å². The molecular formula is C7H5NO2. The Hall–Kier alpha value is -1.51. The van der Waals surface area contributed by atoms with Crippen molar-refractivity contribution in [1.29, 1.82) is 0 Å². The van der Waals surface area contributed by atoms with Crippen LogP contribution in [0.15, 0.2) is 29.0 Å². The molecule has 3 nitrogen and oxygen atoms in total. The van der Waals surface area contributed by atoms with Crippen molar-refractivity contribution < 1.29 is 9.63 Å². The highest BCUT2D eigenvalue weighted by Gasteiger charge is 2.00. The summed E-state index contributed by atoms with van der Waals surface area (Å²) in [5.74, 6) is 0.207. The highest BCUT2D eigenvalue weighted by molar-refractivity contribution is 5.83. The molecule has 0 aliphatic heterocycles. The van der Waals surface area contributed by atoms with E-state index in [1.165, 1.54) is 6.26 Å². The SMILES string of the molecule is Oc1cccc2nocc12. The molecule has 10 heavy (non-hydrogen) atoms. The van der Waals surface area contributed by atoms with Crippen LogP contribution < -0.4 is 0 Å². The number of hydrogen-bond acceptors (Lipinski definition) is 3. The number of phenolic OH excluding ortho intramolecular Hbond substituents is 1. The van der Waals surface area contributed by atoms with Gasteiger partial charge in [0.2, 0.25) is 0 Å². The van der Waals surface area contributed by atoms with Gasteiger partial charge in [-0.1, -0.05) is 11.2 Å². The summed E-state index contributed by atoms with van der Waals surface area (Å²) >= 11 is 0. The topological polar surface area (TPSA) is 46.3 Å². The third-order valence-corrected chi connectivity index (χ3v) is 1.38. The lowest BCUT2D eigenvalue weighted by molar-refractivity contribution is 0.427. The Morgan fingerprint density at radius 1 is 1.40 bits per heavy atom. The smallest absolute Gasteiger partial charge is 0.135 e. The second-order valence-electron chi connectivity index (χ2n) is 2.02. The Bertz CT molecular complexity index is 353. The third-order valence-electron chi connectivity index (χ3n) is 1.38. The predicted octanol–water partition coefficient (Wildman–Crippen LogP) is 1.53. The van der Waals surface area contributed by atoms with Crippen LogP contribution in [0.4, 0.5) is 0 Å². The molecule has 2 rings (SSSR count). The van der Waals surface area contributed by atoms with E-state index in [4.69, 9.17) is 5.11 Å². The fourth-order valence-corrected chi connectivity index (χ4v) is 0.877. The van der Waals surface area contributed by atoms with Crippen molar-refractivity contribution in [3.8, 4) is 5.75 Å². The lowest BCUT2D eigenvalue weighted by atomic mass is 10.2. The minimum atomic E-state index is 0.207. The normalized spacial score (nSPS) is 10.4. The zero-order valence-electron chi connectivity index (χ0n) is 5.11. The molecule has 1 aromatic heterocycles. The van der Waals surface area contributed by atoms with Gasteiger partial charge in [-0.15, -0.1) is 0 Å². The molecule has 0 bridgehead atoms. The van der Waals surface area contributed by atoms with Crippen LogP contribution in [0.5, 0.6) is 5.75 Å². The van der Waals surface area contributed by atoms with Crippen molar-refractivity contribution in [3.63, 3.8) is 0 Å². The number of fused-ring (bicyclic) bond motifs is 1. The predicted molar refractivity (Wildman–Crippen MR) is 35.7 cm³/mol. The van der Waals surface area contributed by atoms with Crippen molar-refractivity contribution >= 4 is 10.9 Å². The summed E-state index contributed by atoms with van der Waals surface area (Å²) < 4.78 is 4.64. The number of rotatable bonds is 0. The van der Waals surface area contributed by atoms with Crippen LogP contribution in [-0.4, -0.2) is 10.3 Å². The second kappa shape index (κ2) is 1.73. The summed E-state index contributed by atoms with van der Waals surface area (Å²) in [5.41, 5.74) is 0.681. The summed E-state index contributed by atoms with van der Waals surface area (Å²) in [6, 6.07) is 5.10. The minimum absolute atomic E-state index is 0.207. The molecule has 0 aliphatic rings. The standard InChI is InChI=1S/C7H5NO2/c9-7-3-1-2-6-5(7)4-10-8-6/h1-4,9H. The van der Waals surface area contributed by atoms with Crippen molar-refractivity contribution in [1.82, 2.24) is 5.16 Å². The Balaban J connectivity index is 2.95. The molecule has 1 aromatic carbocycles. The molecule has 0 amide bonds. The van der Waals surface area contributed by atoms with Crippen LogP contribution in [0.25, 0.3) is 10.9 Å². The Labute approximate surface area is 56.9 Å². The van der Waals surface area contributed by atoms with Crippen LogP contribution >= 0.6 is 0 Å². The molecule has 0 aliphatic carbocycles. The van der Waals surface area contributed by atoms with Gasteiger partial charge in [0.15, 0.2) is 0 Å². The highest BCUT2D eigenvalue weighted by atomic mass is 16.5. The maximum absolute atomic E-state index is 9.16. The molecule has 0 radical (unpaired) electrons. The van der Waals surface area contributed by atoms with Gasteiger partial charge in [-0.05, 0) is 12.1 Å². The number of nitrogens with zero attached hydrogens (tertiary/aromatic N) is 1. The lowest BCUT2D eigenvalue weighted by Gasteiger charge is -1.87. The van der Waals surface area contributed by atoms with Crippen molar-refractivity contribution in [2.24, 2.45) is 0 Å². The molecule has 2 aromatic rings. The van der Waals surface area contributed by atoms with Crippen molar-refractivity contribution in [2.45, 2.75) is 0 Å². The first kappa shape index (κ1) is 5.29. The number of benzene rings is 1. The Morgan fingerprint density at radius 2 is 2.30 bits per heavy atom. The number of hydrogen-bond donors (Lipinski definition) is 1. The van der Waals surface area contributed by atoms with Crippen LogP contribution in [0.1, 0.15) is 0 Å². The summed E-state index contributed by atoms with van der Waals surface area (Å²) in [6.45, 7) is 0. The van der Waals surface area contributed by atoms with Crippen molar-refractivity contribution in [2.75, 3.05) is 0 Å². The van der Waals surface area contributed by atoms with Gasteiger partial charge in [0.25, 0.3) is 0 Å². The maximum Gasteiger partial charge on any atom is 0.135 e. The average Bonchev–Trinajstić information content (AvgIpc) is 2.36. The Morgan fingerprint density at radius 3 is 3.10 bits per heavy atom. The van der Waals surface area contributed by atoms with E-state index in [0.717, 1.165) is 0 Å². The van der Waals surface area contributed by atoms with E-state index in [1.54, 1.807) is 18.2 Å².